The Morgan fingerprint density at radius 1 is 0.939 bits per heavy atom. The van der Waals surface area contributed by atoms with Crippen LogP contribution in [0.4, 0.5) is 5.69 Å². The van der Waals surface area contributed by atoms with Crippen LogP contribution in [0.25, 0.3) is 0 Å². The zero-order valence-electron chi connectivity index (χ0n) is 19.5. The second kappa shape index (κ2) is 9.29. The summed E-state index contributed by atoms with van der Waals surface area (Å²) in [6.45, 7) is 6.85. The molecule has 3 aromatic carbocycles. The Hall–Kier alpha value is -2.67. The molecule has 4 rings (SSSR count). The molecule has 0 bridgehead atoms. The van der Waals surface area contributed by atoms with Crippen LogP contribution in [0.3, 0.4) is 0 Å². The van der Waals surface area contributed by atoms with Crippen molar-refractivity contribution >= 4 is 15.5 Å². The third-order valence-corrected chi connectivity index (χ3v) is 7.44. The first-order valence-electron chi connectivity index (χ1n) is 11.3. The second-order valence-corrected chi connectivity index (χ2v) is 11.4. The Kier molecular flexibility index (Phi) is 6.61. The topological polar surface area (TPSA) is 60.9 Å². The Balaban J connectivity index is 1.58. The molecule has 0 unspecified atom stereocenters. The molecule has 1 fully saturated rings. The first-order valence-corrected chi connectivity index (χ1v) is 13.2. The summed E-state index contributed by atoms with van der Waals surface area (Å²) >= 11 is 0. The average Bonchev–Trinajstić information content (AvgIpc) is 2.79. The SMILES string of the molecule is CC(C)(O)c1ccc(CN2CCN(c3cccc(S(C)(=O)=O)c3)C[C@H]2c2ccccc2)cc1. The zero-order valence-corrected chi connectivity index (χ0v) is 20.3. The van der Waals surface area contributed by atoms with E-state index in [1.807, 2.05) is 30.3 Å². The molecule has 0 amide bonds. The molecule has 0 aliphatic carbocycles. The Bertz CT molecular complexity index is 1190. The maximum atomic E-state index is 12.1. The molecular weight excluding hydrogens is 432 g/mol. The lowest BCUT2D eigenvalue weighted by Crippen LogP contribution is -2.48. The summed E-state index contributed by atoms with van der Waals surface area (Å²) in [5.74, 6) is 0. The first kappa shape index (κ1) is 23.5. The summed E-state index contributed by atoms with van der Waals surface area (Å²) < 4.78 is 24.1. The molecule has 0 radical (unpaired) electrons. The number of hydrogen-bond acceptors (Lipinski definition) is 5. The van der Waals surface area contributed by atoms with Gasteiger partial charge in [0, 0.05) is 38.1 Å². The van der Waals surface area contributed by atoms with E-state index in [0.29, 0.717) is 4.90 Å². The van der Waals surface area contributed by atoms with Crippen molar-refractivity contribution in [3.05, 3.63) is 95.6 Å². The van der Waals surface area contributed by atoms with Crippen molar-refractivity contribution in [3.8, 4) is 0 Å². The van der Waals surface area contributed by atoms with E-state index in [-0.39, 0.29) is 6.04 Å². The molecule has 33 heavy (non-hydrogen) atoms. The van der Waals surface area contributed by atoms with Crippen molar-refractivity contribution in [1.82, 2.24) is 4.90 Å². The molecule has 1 N–H and O–H groups in total. The fourth-order valence-electron chi connectivity index (χ4n) is 4.40. The van der Waals surface area contributed by atoms with Gasteiger partial charge in [-0.2, -0.15) is 0 Å². The van der Waals surface area contributed by atoms with Crippen LogP contribution in [0.2, 0.25) is 0 Å². The highest BCUT2D eigenvalue weighted by Crippen LogP contribution is 2.31. The van der Waals surface area contributed by atoms with Gasteiger partial charge in [-0.15, -0.1) is 0 Å². The number of anilines is 1. The standard InChI is InChI=1S/C27H32N2O3S/c1-27(2,30)23-14-12-21(13-15-23)19-29-17-16-28(20-26(29)22-8-5-4-6-9-22)24-10-7-11-25(18-24)33(3,31)32/h4-15,18,26,30H,16-17,19-20H2,1-3H3/t26-/m0/s1. The van der Waals surface area contributed by atoms with Crippen molar-refractivity contribution < 1.29 is 13.5 Å². The van der Waals surface area contributed by atoms with Crippen LogP contribution in [0.5, 0.6) is 0 Å². The van der Waals surface area contributed by atoms with E-state index in [2.05, 4.69) is 46.2 Å². The average molecular weight is 465 g/mol. The number of piperazine rings is 1. The monoisotopic (exact) mass is 464 g/mol. The lowest BCUT2D eigenvalue weighted by molar-refractivity contribution is 0.0785. The zero-order chi connectivity index (χ0) is 23.6. The third-order valence-electron chi connectivity index (χ3n) is 6.33. The van der Waals surface area contributed by atoms with Gasteiger partial charge in [0.15, 0.2) is 9.84 Å². The Morgan fingerprint density at radius 2 is 1.64 bits per heavy atom. The number of benzene rings is 3. The van der Waals surface area contributed by atoms with Crippen molar-refractivity contribution in [2.45, 2.75) is 36.9 Å². The van der Waals surface area contributed by atoms with Gasteiger partial charge in [-0.1, -0.05) is 60.7 Å². The fourth-order valence-corrected chi connectivity index (χ4v) is 5.06. The highest BCUT2D eigenvalue weighted by Gasteiger charge is 2.29. The van der Waals surface area contributed by atoms with Crippen LogP contribution >= 0.6 is 0 Å². The van der Waals surface area contributed by atoms with Crippen LogP contribution in [-0.4, -0.2) is 44.3 Å². The summed E-state index contributed by atoms with van der Waals surface area (Å²) in [5.41, 5.74) is 3.44. The molecule has 6 heteroatoms. The molecule has 5 nitrogen and oxygen atoms in total. The van der Waals surface area contributed by atoms with E-state index in [9.17, 15) is 13.5 Å². The summed E-state index contributed by atoms with van der Waals surface area (Å²) in [5, 5.41) is 10.2. The van der Waals surface area contributed by atoms with E-state index in [1.165, 1.54) is 17.4 Å². The van der Waals surface area contributed by atoms with Crippen molar-refractivity contribution in [1.29, 1.82) is 0 Å². The van der Waals surface area contributed by atoms with E-state index < -0.39 is 15.4 Å². The van der Waals surface area contributed by atoms with E-state index >= 15 is 0 Å². The number of nitrogens with zero attached hydrogens (tertiary/aromatic N) is 2. The fraction of sp³-hybridized carbons (Fsp3) is 0.333. The van der Waals surface area contributed by atoms with Crippen molar-refractivity contribution in [3.63, 3.8) is 0 Å². The van der Waals surface area contributed by atoms with Gasteiger partial charge in [-0.05, 0) is 48.7 Å². The van der Waals surface area contributed by atoms with Gasteiger partial charge < -0.3 is 10.0 Å². The van der Waals surface area contributed by atoms with Crippen LogP contribution in [0.15, 0.2) is 83.8 Å². The quantitative estimate of drug-likeness (QED) is 0.587. The second-order valence-electron chi connectivity index (χ2n) is 9.37. The molecule has 0 spiro atoms. The van der Waals surface area contributed by atoms with Crippen LogP contribution < -0.4 is 4.90 Å². The van der Waals surface area contributed by atoms with Gasteiger partial charge in [-0.25, -0.2) is 8.42 Å². The molecule has 1 aliphatic rings. The van der Waals surface area contributed by atoms with Gasteiger partial charge in [0.2, 0.25) is 0 Å². The predicted molar refractivity (Wildman–Crippen MR) is 133 cm³/mol. The molecule has 1 heterocycles. The van der Waals surface area contributed by atoms with Crippen LogP contribution in [0, 0.1) is 0 Å². The molecule has 1 aliphatic heterocycles. The molecule has 1 saturated heterocycles. The Morgan fingerprint density at radius 3 is 2.27 bits per heavy atom. The normalized spacial score (nSPS) is 17.8. The highest BCUT2D eigenvalue weighted by molar-refractivity contribution is 7.90. The Labute approximate surface area is 197 Å². The van der Waals surface area contributed by atoms with Crippen molar-refractivity contribution in [2.75, 3.05) is 30.8 Å². The lowest BCUT2D eigenvalue weighted by Gasteiger charge is -2.43. The number of rotatable bonds is 6. The maximum Gasteiger partial charge on any atom is 0.175 e. The van der Waals surface area contributed by atoms with Gasteiger partial charge >= 0.3 is 0 Å². The maximum absolute atomic E-state index is 12.1. The van der Waals surface area contributed by atoms with Gasteiger partial charge in [0.05, 0.1) is 16.5 Å². The van der Waals surface area contributed by atoms with E-state index in [1.54, 1.807) is 26.0 Å². The van der Waals surface area contributed by atoms with Crippen LogP contribution in [0.1, 0.15) is 36.6 Å². The summed E-state index contributed by atoms with van der Waals surface area (Å²) in [6.07, 6.45) is 1.25. The van der Waals surface area contributed by atoms with E-state index in [4.69, 9.17) is 0 Å². The lowest BCUT2D eigenvalue weighted by atomic mass is 9.96. The minimum absolute atomic E-state index is 0.177. The summed E-state index contributed by atoms with van der Waals surface area (Å²) in [7, 11) is -3.25. The van der Waals surface area contributed by atoms with Crippen LogP contribution in [-0.2, 0) is 22.0 Å². The highest BCUT2D eigenvalue weighted by atomic mass is 32.2. The smallest absolute Gasteiger partial charge is 0.175 e. The first-order chi connectivity index (χ1) is 15.6. The predicted octanol–water partition coefficient (Wildman–Crippen LogP) is 4.38. The van der Waals surface area contributed by atoms with Gasteiger partial charge in [0.25, 0.3) is 0 Å². The molecular formula is C27H32N2O3S. The number of aliphatic hydroxyl groups is 1. The van der Waals surface area contributed by atoms with Gasteiger partial charge in [0.1, 0.15) is 0 Å². The molecule has 174 valence electrons. The molecule has 3 aromatic rings. The minimum atomic E-state index is -3.25. The molecule has 0 aromatic heterocycles. The van der Waals surface area contributed by atoms with E-state index in [0.717, 1.165) is 37.4 Å². The number of sulfone groups is 1. The molecule has 1 atom stereocenters. The summed E-state index contributed by atoms with van der Waals surface area (Å²) in [6, 6.07) is 26.1. The molecule has 0 saturated carbocycles. The largest absolute Gasteiger partial charge is 0.386 e. The summed E-state index contributed by atoms with van der Waals surface area (Å²) in [4.78, 5) is 5.11. The van der Waals surface area contributed by atoms with Gasteiger partial charge in [-0.3, -0.25) is 4.90 Å². The van der Waals surface area contributed by atoms with Crippen molar-refractivity contribution in [2.24, 2.45) is 0 Å². The number of hydrogen-bond donors (Lipinski definition) is 1. The minimum Gasteiger partial charge on any atom is -0.386 e. The third kappa shape index (κ3) is 5.64.